The van der Waals surface area contributed by atoms with Crippen molar-refractivity contribution in [3.8, 4) is 0 Å². The van der Waals surface area contributed by atoms with Crippen molar-refractivity contribution < 1.29 is 14.3 Å². The number of likely N-dealkylation sites (N-methyl/N-ethyl adjacent to an activating group) is 1. The largest absolute Gasteiger partial charge is 0.398 e. The fourth-order valence-electron chi connectivity index (χ4n) is 2.64. The topological polar surface area (TPSA) is 76.8 Å². The number of methoxy groups -OCH3 is 1. The molecular formula is C17H27N3O3. The second-order valence-electron chi connectivity index (χ2n) is 6.01. The predicted octanol–water partition coefficient (Wildman–Crippen LogP) is 1.26. The SMILES string of the molecule is COCCN(C)Cc1ccc(N)c(C(=O)NC2CCOCC2)c1. The van der Waals surface area contributed by atoms with Crippen molar-refractivity contribution in [1.82, 2.24) is 10.2 Å². The normalized spacial score (nSPS) is 15.8. The number of nitrogens with one attached hydrogen (secondary N) is 1. The van der Waals surface area contributed by atoms with E-state index in [1.54, 1.807) is 13.2 Å². The molecule has 1 fully saturated rings. The molecule has 0 bridgehead atoms. The van der Waals surface area contributed by atoms with Gasteiger partial charge in [-0.15, -0.1) is 0 Å². The lowest BCUT2D eigenvalue weighted by molar-refractivity contribution is 0.0697. The van der Waals surface area contributed by atoms with E-state index in [1.807, 2.05) is 19.2 Å². The summed E-state index contributed by atoms with van der Waals surface area (Å²) in [5, 5.41) is 3.06. The summed E-state index contributed by atoms with van der Waals surface area (Å²) < 4.78 is 10.4. The lowest BCUT2D eigenvalue weighted by Gasteiger charge is -2.23. The molecule has 0 spiro atoms. The first kappa shape index (κ1) is 17.7. The van der Waals surface area contributed by atoms with E-state index in [1.165, 1.54) is 0 Å². The summed E-state index contributed by atoms with van der Waals surface area (Å²) >= 11 is 0. The number of benzene rings is 1. The van der Waals surface area contributed by atoms with E-state index in [4.69, 9.17) is 15.2 Å². The van der Waals surface area contributed by atoms with Gasteiger partial charge in [-0.2, -0.15) is 0 Å². The van der Waals surface area contributed by atoms with Crippen molar-refractivity contribution in [2.75, 3.05) is 46.3 Å². The van der Waals surface area contributed by atoms with E-state index in [-0.39, 0.29) is 11.9 Å². The first-order valence-corrected chi connectivity index (χ1v) is 8.04. The van der Waals surface area contributed by atoms with Crippen LogP contribution in [0, 0.1) is 0 Å². The molecule has 0 aliphatic carbocycles. The standard InChI is InChI=1S/C17H27N3O3/c1-20(7-10-22-2)12-13-3-4-16(18)15(11-13)17(21)19-14-5-8-23-9-6-14/h3-4,11,14H,5-10,12,18H2,1-2H3,(H,19,21). The van der Waals surface area contributed by atoms with Crippen LogP contribution < -0.4 is 11.1 Å². The summed E-state index contributed by atoms with van der Waals surface area (Å²) in [7, 11) is 3.72. The third-order valence-electron chi connectivity index (χ3n) is 4.05. The molecule has 1 saturated heterocycles. The number of carbonyl (C=O) groups is 1. The van der Waals surface area contributed by atoms with Crippen LogP contribution in [-0.4, -0.2) is 57.4 Å². The number of nitrogens with two attached hydrogens (primary N) is 1. The van der Waals surface area contributed by atoms with Crippen molar-refractivity contribution in [2.24, 2.45) is 0 Å². The number of ether oxygens (including phenoxy) is 2. The molecule has 1 aromatic rings. The van der Waals surface area contributed by atoms with Crippen LogP contribution in [0.15, 0.2) is 18.2 Å². The Balaban J connectivity index is 1.99. The average Bonchev–Trinajstić information content (AvgIpc) is 2.55. The van der Waals surface area contributed by atoms with Gasteiger partial charge in [-0.25, -0.2) is 0 Å². The summed E-state index contributed by atoms with van der Waals surface area (Å²) in [6, 6.07) is 5.82. The number of rotatable bonds is 7. The van der Waals surface area contributed by atoms with Gasteiger partial charge in [0, 0.05) is 45.1 Å². The number of amides is 1. The molecule has 1 heterocycles. The Morgan fingerprint density at radius 3 is 2.87 bits per heavy atom. The smallest absolute Gasteiger partial charge is 0.253 e. The molecular weight excluding hydrogens is 294 g/mol. The Hall–Kier alpha value is -1.63. The van der Waals surface area contributed by atoms with Gasteiger partial charge in [-0.1, -0.05) is 6.07 Å². The third-order valence-corrected chi connectivity index (χ3v) is 4.05. The van der Waals surface area contributed by atoms with Crippen molar-refractivity contribution in [2.45, 2.75) is 25.4 Å². The van der Waals surface area contributed by atoms with Crippen LogP contribution in [0.1, 0.15) is 28.8 Å². The average molecular weight is 321 g/mol. The molecule has 6 heteroatoms. The van der Waals surface area contributed by atoms with Crippen LogP contribution in [0.4, 0.5) is 5.69 Å². The first-order chi connectivity index (χ1) is 11.1. The van der Waals surface area contributed by atoms with E-state index >= 15 is 0 Å². The Morgan fingerprint density at radius 2 is 2.17 bits per heavy atom. The van der Waals surface area contributed by atoms with Crippen LogP contribution in [0.2, 0.25) is 0 Å². The van der Waals surface area contributed by atoms with Gasteiger partial charge < -0.3 is 20.5 Å². The molecule has 3 N–H and O–H groups in total. The molecule has 6 nitrogen and oxygen atoms in total. The number of anilines is 1. The zero-order valence-electron chi connectivity index (χ0n) is 14.0. The fourth-order valence-corrected chi connectivity index (χ4v) is 2.64. The van der Waals surface area contributed by atoms with E-state index in [0.717, 1.165) is 31.5 Å². The summed E-state index contributed by atoms with van der Waals surface area (Å²) in [6.45, 7) is 3.67. The van der Waals surface area contributed by atoms with Crippen LogP contribution in [0.25, 0.3) is 0 Å². The monoisotopic (exact) mass is 321 g/mol. The van der Waals surface area contributed by atoms with Gasteiger partial charge in [-0.05, 0) is 37.6 Å². The zero-order valence-corrected chi connectivity index (χ0v) is 14.0. The molecule has 23 heavy (non-hydrogen) atoms. The number of nitrogen functional groups attached to an aromatic ring is 1. The highest BCUT2D eigenvalue weighted by Gasteiger charge is 2.18. The summed E-state index contributed by atoms with van der Waals surface area (Å²) in [5.41, 5.74) is 8.11. The first-order valence-electron chi connectivity index (χ1n) is 8.04. The van der Waals surface area contributed by atoms with Crippen LogP contribution in [-0.2, 0) is 16.0 Å². The summed E-state index contributed by atoms with van der Waals surface area (Å²) in [4.78, 5) is 14.6. The second-order valence-corrected chi connectivity index (χ2v) is 6.01. The Morgan fingerprint density at radius 1 is 1.43 bits per heavy atom. The van der Waals surface area contributed by atoms with Crippen LogP contribution in [0.5, 0.6) is 0 Å². The molecule has 0 aromatic heterocycles. The Labute approximate surface area is 137 Å². The molecule has 0 unspecified atom stereocenters. The third kappa shape index (κ3) is 5.49. The molecule has 1 aliphatic rings. The molecule has 1 amide bonds. The van der Waals surface area contributed by atoms with Gasteiger partial charge >= 0.3 is 0 Å². The van der Waals surface area contributed by atoms with Gasteiger partial charge in [-0.3, -0.25) is 9.69 Å². The van der Waals surface area contributed by atoms with Gasteiger partial charge in [0.25, 0.3) is 5.91 Å². The lowest BCUT2D eigenvalue weighted by atomic mass is 10.1. The minimum absolute atomic E-state index is 0.101. The van der Waals surface area contributed by atoms with E-state index in [0.29, 0.717) is 31.1 Å². The molecule has 1 aromatic carbocycles. The van der Waals surface area contributed by atoms with Gasteiger partial charge in [0.05, 0.1) is 12.2 Å². The number of carbonyl (C=O) groups excluding carboxylic acids is 1. The highest BCUT2D eigenvalue weighted by atomic mass is 16.5. The van der Waals surface area contributed by atoms with Crippen molar-refractivity contribution in [3.05, 3.63) is 29.3 Å². The molecule has 0 radical (unpaired) electrons. The van der Waals surface area contributed by atoms with Gasteiger partial charge in [0.15, 0.2) is 0 Å². The Bertz CT molecular complexity index is 516. The number of nitrogens with zero attached hydrogens (tertiary/aromatic N) is 1. The van der Waals surface area contributed by atoms with Crippen LogP contribution in [0.3, 0.4) is 0 Å². The number of hydrogen-bond acceptors (Lipinski definition) is 5. The Kier molecular flexibility index (Phi) is 6.83. The van der Waals surface area contributed by atoms with Gasteiger partial charge in [0.2, 0.25) is 0 Å². The molecule has 0 saturated carbocycles. The van der Waals surface area contributed by atoms with Crippen molar-refractivity contribution in [3.63, 3.8) is 0 Å². The van der Waals surface area contributed by atoms with Gasteiger partial charge in [0.1, 0.15) is 0 Å². The number of hydrogen-bond donors (Lipinski definition) is 2. The highest BCUT2D eigenvalue weighted by molar-refractivity contribution is 5.99. The lowest BCUT2D eigenvalue weighted by Crippen LogP contribution is -2.39. The molecule has 0 atom stereocenters. The van der Waals surface area contributed by atoms with E-state index in [2.05, 4.69) is 10.2 Å². The highest BCUT2D eigenvalue weighted by Crippen LogP contribution is 2.17. The zero-order chi connectivity index (χ0) is 16.7. The molecule has 2 rings (SSSR count). The summed E-state index contributed by atoms with van der Waals surface area (Å²) in [6.07, 6.45) is 1.70. The van der Waals surface area contributed by atoms with Crippen molar-refractivity contribution in [1.29, 1.82) is 0 Å². The van der Waals surface area contributed by atoms with E-state index in [9.17, 15) is 4.79 Å². The second kappa shape index (κ2) is 8.86. The summed E-state index contributed by atoms with van der Waals surface area (Å²) in [5.74, 6) is -0.101. The van der Waals surface area contributed by atoms with Crippen molar-refractivity contribution >= 4 is 11.6 Å². The fraction of sp³-hybridized carbons (Fsp3) is 0.588. The van der Waals surface area contributed by atoms with Crippen LogP contribution >= 0.6 is 0 Å². The maximum Gasteiger partial charge on any atom is 0.253 e. The quantitative estimate of drug-likeness (QED) is 0.739. The maximum absolute atomic E-state index is 12.5. The van der Waals surface area contributed by atoms with E-state index < -0.39 is 0 Å². The minimum Gasteiger partial charge on any atom is -0.398 e. The molecule has 1 aliphatic heterocycles. The minimum atomic E-state index is -0.101. The maximum atomic E-state index is 12.5. The molecule has 128 valence electrons. The predicted molar refractivity (Wildman–Crippen MR) is 90.4 cm³/mol.